The van der Waals surface area contributed by atoms with Gasteiger partial charge in [-0.15, -0.1) is 0 Å². The molecule has 1 rings (SSSR count). The third-order valence-electron chi connectivity index (χ3n) is 2.97. The van der Waals surface area contributed by atoms with Crippen molar-refractivity contribution in [2.75, 3.05) is 20.1 Å². The fraction of sp³-hybridized carbons (Fsp3) is 0.909. The summed E-state index contributed by atoms with van der Waals surface area (Å²) < 4.78 is 0. The Balaban J connectivity index is 2.29. The number of hydrogen-bond donors (Lipinski definition) is 2. The molecule has 15 heavy (non-hydrogen) atoms. The number of hydrogen-bond acceptors (Lipinski definition) is 3. The molecule has 4 heteroatoms. The van der Waals surface area contributed by atoms with Crippen molar-refractivity contribution in [2.24, 2.45) is 11.7 Å². The number of carbonyl (C=O) groups is 1. The van der Waals surface area contributed by atoms with Gasteiger partial charge in [-0.3, -0.25) is 9.69 Å². The minimum Gasteiger partial charge on any atom is -0.352 e. The van der Waals surface area contributed by atoms with E-state index in [2.05, 4.69) is 17.1 Å². The maximum Gasteiger partial charge on any atom is 0.237 e. The molecule has 2 unspecified atom stereocenters. The van der Waals surface area contributed by atoms with E-state index in [1.165, 1.54) is 0 Å². The quantitative estimate of drug-likeness (QED) is 0.662. The summed E-state index contributed by atoms with van der Waals surface area (Å²) in [6.45, 7) is 5.58. The average Bonchev–Trinajstić information content (AvgIpc) is 2.99. The van der Waals surface area contributed by atoms with Crippen LogP contribution in [0.3, 0.4) is 0 Å². The second kappa shape index (κ2) is 5.47. The van der Waals surface area contributed by atoms with Crippen LogP contribution in [0, 0.1) is 5.92 Å². The summed E-state index contributed by atoms with van der Waals surface area (Å²) in [5, 5.41) is 3.01. The van der Waals surface area contributed by atoms with E-state index in [4.69, 9.17) is 5.73 Å². The fourth-order valence-electron chi connectivity index (χ4n) is 1.47. The third-order valence-corrected chi connectivity index (χ3v) is 2.97. The predicted octanol–water partition coefficient (Wildman–Crippen LogP) is 0.180. The van der Waals surface area contributed by atoms with Crippen molar-refractivity contribution in [3.63, 3.8) is 0 Å². The summed E-state index contributed by atoms with van der Waals surface area (Å²) in [4.78, 5) is 13.8. The van der Waals surface area contributed by atoms with Crippen LogP contribution in [0.2, 0.25) is 0 Å². The number of rotatable bonds is 6. The standard InChI is InChI=1S/C11H23N3O/c1-8(6-12)7-14(3)9(2)11(15)13-10-4-5-10/h8-10H,4-7,12H2,1-3H3,(H,13,15). The van der Waals surface area contributed by atoms with E-state index in [0.29, 0.717) is 18.5 Å². The summed E-state index contributed by atoms with van der Waals surface area (Å²) in [7, 11) is 1.98. The summed E-state index contributed by atoms with van der Waals surface area (Å²) in [6.07, 6.45) is 2.28. The molecule has 4 nitrogen and oxygen atoms in total. The maximum atomic E-state index is 11.7. The zero-order chi connectivity index (χ0) is 11.4. The van der Waals surface area contributed by atoms with Gasteiger partial charge in [0.15, 0.2) is 0 Å². The van der Waals surface area contributed by atoms with Crippen LogP contribution in [0.15, 0.2) is 0 Å². The van der Waals surface area contributed by atoms with Crippen LogP contribution in [-0.2, 0) is 4.79 Å². The Hall–Kier alpha value is -0.610. The lowest BCUT2D eigenvalue weighted by atomic mass is 10.1. The molecule has 0 aromatic carbocycles. The second-order valence-corrected chi connectivity index (χ2v) is 4.74. The number of likely N-dealkylation sites (N-methyl/N-ethyl adjacent to an activating group) is 1. The molecule has 1 fully saturated rings. The summed E-state index contributed by atoms with van der Waals surface area (Å²) in [5.41, 5.74) is 5.56. The smallest absolute Gasteiger partial charge is 0.237 e. The zero-order valence-electron chi connectivity index (χ0n) is 9.99. The molecule has 0 aliphatic heterocycles. The van der Waals surface area contributed by atoms with Crippen LogP contribution in [0.5, 0.6) is 0 Å². The van der Waals surface area contributed by atoms with Gasteiger partial charge < -0.3 is 11.1 Å². The number of amides is 1. The number of carbonyl (C=O) groups excluding carboxylic acids is 1. The van der Waals surface area contributed by atoms with Crippen molar-refractivity contribution < 1.29 is 4.79 Å². The van der Waals surface area contributed by atoms with Gasteiger partial charge in [-0.2, -0.15) is 0 Å². The topological polar surface area (TPSA) is 58.4 Å². The molecule has 0 aromatic rings. The van der Waals surface area contributed by atoms with Gasteiger partial charge in [0.1, 0.15) is 0 Å². The first-order valence-corrected chi connectivity index (χ1v) is 5.75. The van der Waals surface area contributed by atoms with Crippen LogP contribution < -0.4 is 11.1 Å². The Morgan fingerprint density at radius 3 is 2.60 bits per heavy atom. The highest BCUT2D eigenvalue weighted by molar-refractivity contribution is 5.81. The van der Waals surface area contributed by atoms with Gasteiger partial charge in [0.05, 0.1) is 6.04 Å². The fourth-order valence-corrected chi connectivity index (χ4v) is 1.47. The van der Waals surface area contributed by atoms with Gasteiger partial charge in [-0.05, 0) is 39.3 Å². The molecule has 0 spiro atoms. The number of nitrogens with two attached hydrogens (primary N) is 1. The van der Waals surface area contributed by atoms with Crippen molar-refractivity contribution in [1.82, 2.24) is 10.2 Å². The van der Waals surface area contributed by atoms with E-state index in [1.807, 2.05) is 14.0 Å². The van der Waals surface area contributed by atoms with Gasteiger partial charge in [-0.1, -0.05) is 6.92 Å². The monoisotopic (exact) mass is 213 g/mol. The highest BCUT2D eigenvalue weighted by atomic mass is 16.2. The average molecular weight is 213 g/mol. The highest BCUT2D eigenvalue weighted by Gasteiger charge is 2.27. The highest BCUT2D eigenvalue weighted by Crippen LogP contribution is 2.19. The Kier molecular flexibility index (Phi) is 4.54. The van der Waals surface area contributed by atoms with E-state index in [0.717, 1.165) is 19.4 Å². The van der Waals surface area contributed by atoms with Crippen molar-refractivity contribution in [1.29, 1.82) is 0 Å². The van der Waals surface area contributed by atoms with E-state index < -0.39 is 0 Å². The molecule has 0 saturated heterocycles. The SMILES string of the molecule is CC(CN)CN(C)C(C)C(=O)NC1CC1. The van der Waals surface area contributed by atoms with E-state index in [9.17, 15) is 4.79 Å². The van der Waals surface area contributed by atoms with Crippen molar-refractivity contribution in [2.45, 2.75) is 38.8 Å². The second-order valence-electron chi connectivity index (χ2n) is 4.74. The van der Waals surface area contributed by atoms with Crippen LogP contribution in [0.25, 0.3) is 0 Å². The Labute approximate surface area is 92.2 Å². The lowest BCUT2D eigenvalue weighted by Crippen LogP contribution is -2.45. The van der Waals surface area contributed by atoms with E-state index in [-0.39, 0.29) is 11.9 Å². The van der Waals surface area contributed by atoms with Gasteiger partial charge in [0.2, 0.25) is 5.91 Å². The first-order chi connectivity index (χ1) is 7.04. The molecule has 1 amide bonds. The molecule has 1 aliphatic rings. The molecule has 2 atom stereocenters. The minimum atomic E-state index is -0.0559. The summed E-state index contributed by atoms with van der Waals surface area (Å²) >= 11 is 0. The molecule has 88 valence electrons. The molecule has 0 heterocycles. The van der Waals surface area contributed by atoms with Crippen molar-refractivity contribution in [3.8, 4) is 0 Å². The molecule has 0 radical (unpaired) electrons. The summed E-state index contributed by atoms with van der Waals surface area (Å²) in [5.74, 6) is 0.579. The molecule has 1 saturated carbocycles. The van der Waals surface area contributed by atoms with E-state index in [1.54, 1.807) is 0 Å². The molecular weight excluding hydrogens is 190 g/mol. The van der Waals surface area contributed by atoms with Gasteiger partial charge in [0.25, 0.3) is 0 Å². The minimum absolute atomic E-state index is 0.0559. The Morgan fingerprint density at radius 2 is 2.13 bits per heavy atom. The predicted molar refractivity (Wildman–Crippen MR) is 61.5 cm³/mol. The lowest BCUT2D eigenvalue weighted by Gasteiger charge is -2.26. The van der Waals surface area contributed by atoms with E-state index >= 15 is 0 Å². The molecule has 0 aromatic heterocycles. The van der Waals surface area contributed by atoms with Crippen molar-refractivity contribution >= 4 is 5.91 Å². The zero-order valence-corrected chi connectivity index (χ0v) is 9.99. The third kappa shape index (κ3) is 4.18. The molecular formula is C11H23N3O. The first-order valence-electron chi connectivity index (χ1n) is 5.75. The lowest BCUT2D eigenvalue weighted by molar-refractivity contribution is -0.125. The normalized spacial score (nSPS) is 20.1. The van der Waals surface area contributed by atoms with Crippen LogP contribution in [0.1, 0.15) is 26.7 Å². The summed E-state index contributed by atoms with van der Waals surface area (Å²) in [6, 6.07) is 0.389. The molecule has 0 bridgehead atoms. The first kappa shape index (κ1) is 12.5. The Bertz CT molecular complexity index is 216. The van der Waals surface area contributed by atoms with Crippen molar-refractivity contribution in [3.05, 3.63) is 0 Å². The van der Waals surface area contributed by atoms with Crippen LogP contribution in [-0.4, -0.2) is 43.0 Å². The maximum absolute atomic E-state index is 11.7. The number of nitrogens with one attached hydrogen (secondary N) is 1. The molecule has 1 aliphatic carbocycles. The van der Waals surface area contributed by atoms with Gasteiger partial charge >= 0.3 is 0 Å². The Morgan fingerprint density at radius 1 is 1.53 bits per heavy atom. The molecule has 3 N–H and O–H groups in total. The largest absolute Gasteiger partial charge is 0.352 e. The van der Waals surface area contributed by atoms with Crippen LogP contribution in [0.4, 0.5) is 0 Å². The van der Waals surface area contributed by atoms with Gasteiger partial charge in [0, 0.05) is 12.6 Å². The van der Waals surface area contributed by atoms with Gasteiger partial charge in [-0.25, -0.2) is 0 Å². The number of nitrogens with zero attached hydrogens (tertiary/aromatic N) is 1. The van der Waals surface area contributed by atoms with Crippen LogP contribution >= 0.6 is 0 Å².